The van der Waals surface area contributed by atoms with Crippen LogP contribution in [0, 0.1) is 11.2 Å². The van der Waals surface area contributed by atoms with E-state index in [0.29, 0.717) is 25.3 Å². The number of hydrogen-bond donors (Lipinski definition) is 1. The first-order valence-corrected chi connectivity index (χ1v) is 11.8. The molecule has 0 spiro atoms. The van der Waals surface area contributed by atoms with Crippen molar-refractivity contribution in [3.8, 4) is 11.5 Å². The Morgan fingerprint density at radius 3 is 2.46 bits per heavy atom. The first-order chi connectivity index (χ1) is 17.0. The number of benzene rings is 3. The monoisotopic (exact) mass is 474 g/mol. The predicted octanol–water partition coefficient (Wildman–Crippen LogP) is 4.44. The van der Waals surface area contributed by atoms with E-state index in [9.17, 15) is 14.0 Å². The minimum Gasteiger partial charge on any atom is -0.494 e. The van der Waals surface area contributed by atoms with Crippen LogP contribution in [0.5, 0.6) is 11.5 Å². The van der Waals surface area contributed by atoms with Gasteiger partial charge in [0, 0.05) is 18.2 Å². The Morgan fingerprint density at radius 2 is 1.71 bits per heavy atom. The molecule has 1 N–H and O–H groups in total. The fourth-order valence-corrected chi connectivity index (χ4v) is 4.75. The number of anilines is 1. The molecule has 1 aliphatic carbocycles. The molecule has 1 fully saturated rings. The molecule has 6 nitrogen and oxygen atoms in total. The third-order valence-electron chi connectivity index (χ3n) is 6.69. The summed E-state index contributed by atoms with van der Waals surface area (Å²) in [6.45, 7) is 2.99. The number of nitrogens with zero attached hydrogens (tertiary/aromatic N) is 1. The predicted molar refractivity (Wildman–Crippen MR) is 130 cm³/mol. The molecule has 3 aromatic carbocycles. The van der Waals surface area contributed by atoms with Crippen molar-refractivity contribution < 1.29 is 23.5 Å². The first-order valence-electron chi connectivity index (χ1n) is 11.8. The van der Waals surface area contributed by atoms with Gasteiger partial charge in [-0.05, 0) is 66.9 Å². The van der Waals surface area contributed by atoms with Gasteiger partial charge in [0.05, 0.1) is 12.0 Å². The van der Waals surface area contributed by atoms with Crippen molar-refractivity contribution in [3.63, 3.8) is 0 Å². The molecule has 1 saturated carbocycles. The van der Waals surface area contributed by atoms with Crippen molar-refractivity contribution >= 4 is 17.5 Å². The van der Waals surface area contributed by atoms with E-state index in [-0.39, 0.29) is 36.7 Å². The number of ether oxygens (including phenoxy) is 2. The summed E-state index contributed by atoms with van der Waals surface area (Å²) in [5.41, 5.74) is 2.05. The molecule has 35 heavy (non-hydrogen) atoms. The fraction of sp³-hybridized carbons (Fsp3) is 0.286. The third kappa shape index (κ3) is 4.58. The summed E-state index contributed by atoms with van der Waals surface area (Å²) in [7, 11) is 0. The van der Waals surface area contributed by atoms with Crippen molar-refractivity contribution in [2.24, 2.45) is 5.41 Å². The Balaban J connectivity index is 1.27. The van der Waals surface area contributed by atoms with Gasteiger partial charge in [0.25, 0.3) is 0 Å². The molecule has 1 aliphatic heterocycles. The second-order valence-electron chi connectivity index (χ2n) is 8.96. The zero-order chi connectivity index (χ0) is 24.4. The summed E-state index contributed by atoms with van der Waals surface area (Å²) in [5.74, 6) is 0.651. The number of rotatable bonds is 9. The molecule has 0 aromatic heterocycles. The molecular weight excluding hydrogens is 447 g/mol. The van der Waals surface area contributed by atoms with E-state index in [4.69, 9.17) is 9.47 Å². The standard InChI is InChI=1S/C28H27FN2O4/c1-2-34-21-11-7-19(8-12-21)16-30-26(32)17-31-25-6-4-3-5-23(25)24-15-28(24,27(31)33)18-35-22-13-9-20(29)10-14-22/h3-14,24H,2,15-18H2,1H3,(H,30,32)/t24-,28+/m0/s1. The van der Waals surface area contributed by atoms with Crippen LogP contribution < -0.4 is 19.7 Å². The van der Waals surface area contributed by atoms with Gasteiger partial charge in [-0.3, -0.25) is 9.59 Å². The Hall–Kier alpha value is -3.87. The maximum absolute atomic E-state index is 13.6. The van der Waals surface area contributed by atoms with Gasteiger partial charge in [0.15, 0.2) is 0 Å². The summed E-state index contributed by atoms with van der Waals surface area (Å²) >= 11 is 0. The second kappa shape index (κ2) is 9.41. The number of nitrogens with one attached hydrogen (secondary N) is 1. The zero-order valence-electron chi connectivity index (χ0n) is 19.5. The molecule has 3 aromatic rings. The lowest BCUT2D eigenvalue weighted by atomic mass is 9.92. The van der Waals surface area contributed by atoms with E-state index in [1.54, 1.807) is 17.0 Å². The molecular formula is C28H27FN2O4. The van der Waals surface area contributed by atoms with Crippen LogP contribution in [-0.4, -0.2) is 31.6 Å². The van der Waals surface area contributed by atoms with Gasteiger partial charge in [0.1, 0.15) is 30.5 Å². The van der Waals surface area contributed by atoms with Crippen LogP contribution >= 0.6 is 0 Å². The van der Waals surface area contributed by atoms with E-state index >= 15 is 0 Å². The van der Waals surface area contributed by atoms with E-state index in [0.717, 1.165) is 22.6 Å². The molecule has 1 heterocycles. The Bertz CT molecular complexity index is 1230. The molecule has 2 atom stereocenters. The molecule has 7 heteroatoms. The largest absolute Gasteiger partial charge is 0.494 e. The van der Waals surface area contributed by atoms with Gasteiger partial charge in [-0.2, -0.15) is 0 Å². The molecule has 0 radical (unpaired) electrons. The van der Waals surface area contributed by atoms with Crippen LogP contribution in [0.3, 0.4) is 0 Å². The highest BCUT2D eigenvalue weighted by atomic mass is 19.1. The maximum Gasteiger partial charge on any atom is 0.240 e. The molecule has 180 valence electrons. The number of hydrogen-bond acceptors (Lipinski definition) is 4. The lowest BCUT2D eigenvalue weighted by molar-refractivity contribution is -0.128. The topological polar surface area (TPSA) is 67.9 Å². The molecule has 0 unspecified atom stereocenters. The van der Waals surface area contributed by atoms with E-state index in [1.807, 2.05) is 55.5 Å². The normalized spacial score (nSPS) is 20.0. The van der Waals surface area contributed by atoms with Crippen LogP contribution in [0.15, 0.2) is 72.8 Å². The lowest BCUT2D eigenvalue weighted by Gasteiger charge is -2.33. The number of fused-ring (bicyclic) bond motifs is 3. The summed E-state index contributed by atoms with van der Waals surface area (Å²) in [5, 5.41) is 2.91. The van der Waals surface area contributed by atoms with Gasteiger partial charge in [-0.15, -0.1) is 0 Å². The number of para-hydroxylation sites is 1. The summed E-state index contributed by atoms with van der Waals surface area (Å²) in [6.07, 6.45) is 0.661. The highest BCUT2D eigenvalue weighted by Crippen LogP contribution is 2.65. The molecule has 2 amide bonds. The number of amides is 2. The highest BCUT2D eigenvalue weighted by molar-refractivity contribution is 6.07. The Kier molecular flexibility index (Phi) is 6.16. The fourth-order valence-electron chi connectivity index (χ4n) is 4.75. The van der Waals surface area contributed by atoms with Gasteiger partial charge in [-0.1, -0.05) is 30.3 Å². The number of carbonyl (C=O) groups excluding carboxylic acids is 2. The van der Waals surface area contributed by atoms with Crippen molar-refractivity contribution in [2.45, 2.75) is 25.8 Å². The molecule has 0 bridgehead atoms. The van der Waals surface area contributed by atoms with E-state index in [2.05, 4.69) is 5.32 Å². The van der Waals surface area contributed by atoms with Gasteiger partial charge >= 0.3 is 0 Å². The van der Waals surface area contributed by atoms with Gasteiger partial charge in [0.2, 0.25) is 11.8 Å². The Labute approximate surface area is 203 Å². The molecule has 5 rings (SSSR count). The van der Waals surface area contributed by atoms with Crippen LogP contribution in [-0.2, 0) is 16.1 Å². The highest BCUT2D eigenvalue weighted by Gasteiger charge is 2.66. The lowest BCUT2D eigenvalue weighted by Crippen LogP contribution is -2.48. The average Bonchev–Trinajstić information content (AvgIpc) is 3.62. The average molecular weight is 475 g/mol. The van der Waals surface area contributed by atoms with Crippen molar-refractivity contribution in [1.29, 1.82) is 0 Å². The zero-order valence-corrected chi connectivity index (χ0v) is 19.5. The minimum absolute atomic E-state index is 0.0508. The summed E-state index contributed by atoms with van der Waals surface area (Å²) < 4.78 is 24.6. The maximum atomic E-state index is 13.6. The van der Waals surface area contributed by atoms with E-state index < -0.39 is 5.41 Å². The quantitative estimate of drug-likeness (QED) is 0.498. The number of halogens is 1. The smallest absolute Gasteiger partial charge is 0.240 e. The van der Waals surface area contributed by atoms with Crippen LogP contribution in [0.25, 0.3) is 0 Å². The van der Waals surface area contributed by atoms with E-state index in [1.165, 1.54) is 12.1 Å². The SMILES string of the molecule is CCOc1ccc(CNC(=O)CN2C(=O)[C@@]3(COc4ccc(F)cc4)C[C@H]3c3ccccc32)cc1. The second-order valence-corrected chi connectivity index (χ2v) is 8.96. The van der Waals surface area contributed by atoms with Crippen LogP contribution in [0.1, 0.15) is 30.4 Å². The Morgan fingerprint density at radius 1 is 1.03 bits per heavy atom. The van der Waals surface area contributed by atoms with Crippen LogP contribution in [0.2, 0.25) is 0 Å². The summed E-state index contributed by atoms with van der Waals surface area (Å²) in [6, 6.07) is 21.0. The molecule has 2 aliphatic rings. The van der Waals surface area contributed by atoms with Crippen molar-refractivity contribution in [1.82, 2.24) is 5.32 Å². The minimum atomic E-state index is -0.710. The first kappa shape index (κ1) is 22.9. The molecule has 0 saturated heterocycles. The number of carbonyl (C=O) groups is 2. The summed E-state index contributed by atoms with van der Waals surface area (Å²) in [4.78, 5) is 28.0. The van der Waals surface area contributed by atoms with Crippen LogP contribution in [0.4, 0.5) is 10.1 Å². The van der Waals surface area contributed by atoms with Gasteiger partial charge < -0.3 is 19.7 Å². The van der Waals surface area contributed by atoms with Gasteiger partial charge in [-0.25, -0.2) is 4.39 Å². The third-order valence-corrected chi connectivity index (χ3v) is 6.69. The van der Waals surface area contributed by atoms with Crippen molar-refractivity contribution in [3.05, 3.63) is 89.7 Å². The van der Waals surface area contributed by atoms with Crippen molar-refractivity contribution in [2.75, 3.05) is 24.7 Å².